The van der Waals surface area contributed by atoms with Gasteiger partial charge in [0.15, 0.2) is 5.82 Å². The molecule has 4 heterocycles. The van der Waals surface area contributed by atoms with Gasteiger partial charge < -0.3 is 4.98 Å². The van der Waals surface area contributed by atoms with Gasteiger partial charge in [-0.15, -0.1) is 11.3 Å². The molecule has 0 aliphatic carbocycles. The van der Waals surface area contributed by atoms with E-state index < -0.39 is 0 Å². The number of aromatic amines is 1. The lowest BCUT2D eigenvalue weighted by Crippen LogP contribution is -2.34. The number of H-pyrrole nitrogens is 1. The van der Waals surface area contributed by atoms with Crippen molar-refractivity contribution in [2.45, 2.75) is 32.7 Å². The Morgan fingerprint density at radius 2 is 1.96 bits per heavy atom. The molecule has 1 fully saturated rings. The second kappa shape index (κ2) is 7.41. The highest BCUT2D eigenvalue weighted by atomic mass is 32.1. The van der Waals surface area contributed by atoms with Crippen LogP contribution in [0.2, 0.25) is 0 Å². The van der Waals surface area contributed by atoms with E-state index >= 15 is 0 Å². The maximum Gasteiger partial charge on any atom is 0.157 e. The molecule has 0 atom stereocenters. The van der Waals surface area contributed by atoms with E-state index in [1.807, 2.05) is 11.7 Å². The zero-order chi connectivity index (χ0) is 17.1. The summed E-state index contributed by atoms with van der Waals surface area (Å²) in [5.41, 5.74) is 5.06. The molecular weight excluding hydrogens is 332 g/mol. The third-order valence-electron chi connectivity index (χ3n) is 4.90. The van der Waals surface area contributed by atoms with Crippen molar-refractivity contribution >= 4 is 11.3 Å². The van der Waals surface area contributed by atoms with Gasteiger partial charge in [0.1, 0.15) is 5.69 Å². The van der Waals surface area contributed by atoms with Crippen LogP contribution >= 0.6 is 11.3 Å². The Labute approximate surface area is 151 Å². The molecule has 3 aromatic rings. The molecule has 3 aromatic heterocycles. The highest BCUT2D eigenvalue weighted by molar-refractivity contribution is 7.09. The lowest BCUT2D eigenvalue weighted by molar-refractivity contribution is 0.177. The fraction of sp³-hybridized carbons (Fsp3) is 0.444. The van der Waals surface area contributed by atoms with Crippen LogP contribution in [0, 0.1) is 12.8 Å². The van der Waals surface area contributed by atoms with E-state index in [1.165, 1.54) is 23.4 Å². The molecule has 1 N–H and O–H groups in total. The molecule has 0 bridgehead atoms. The Balaban J connectivity index is 1.37. The third-order valence-corrected chi connectivity index (χ3v) is 5.82. The quantitative estimate of drug-likeness (QED) is 0.762. The van der Waals surface area contributed by atoms with E-state index in [0.29, 0.717) is 5.92 Å². The number of rotatable bonds is 5. The molecule has 7 heteroatoms. The van der Waals surface area contributed by atoms with Gasteiger partial charge in [0.25, 0.3) is 0 Å². The Morgan fingerprint density at radius 1 is 1.12 bits per heavy atom. The van der Waals surface area contributed by atoms with Crippen LogP contribution in [0.15, 0.2) is 30.3 Å². The SMILES string of the molecule is Cc1ncsc1CN1CCC(Cc2nccnc2-c2ncc[nH]2)CC1. The number of nitrogens with zero attached hydrogens (tertiary/aromatic N) is 5. The van der Waals surface area contributed by atoms with Crippen LogP contribution in [-0.2, 0) is 13.0 Å². The van der Waals surface area contributed by atoms with Crippen molar-refractivity contribution in [1.82, 2.24) is 29.8 Å². The van der Waals surface area contributed by atoms with E-state index in [1.54, 1.807) is 29.9 Å². The van der Waals surface area contributed by atoms with E-state index in [0.717, 1.165) is 43.3 Å². The van der Waals surface area contributed by atoms with Gasteiger partial charge in [0.05, 0.1) is 16.9 Å². The zero-order valence-corrected chi connectivity index (χ0v) is 15.2. The molecule has 25 heavy (non-hydrogen) atoms. The van der Waals surface area contributed by atoms with Crippen molar-refractivity contribution in [1.29, 1.82) is 0 Å². The van der Waals surface area contributed by atoms with Crippen LogP contribution in [0.1, 0.15) is 29.1 Å². The number of nitrogens with one attached hydrogen (secondary N) is 1. The topological polar surface area (TPSA) is 70.6 Å². The summed E-state index contributed by atoms with van der Waals surface area (Å²) in [7, 11) is 0. The summed E-state index contributed by atoms with van der Waals surface area (Å²) in [5.74, 6) is 1.46. The van der Waals surface area contributed by atoms with Gasteiger partial charge in [0, 0.05) is 36.2 Å². The molecule has 130 valence electrons. The number of likely N-dealkylation sites (tertiary alicyclic amines) is 1. The molecule has 0 radical (unpaired) electrons. The van der Waals surface area contributed by atoms with E-state index in [4.69, 9.17) is 0 Å². The van der Waals surface area contributed by atoms with Gasteiger partial charge in [0.2, 0.25) is 0 Å². The lowest BCUT2D eigenvalue weighted by Gasteiger charge is -2.31. The van der Waals surface area contributed by atoms with Gasteiger partial charge in [-0.05, 0) is 45.2 Å². The highest BCUT2D eigenvalue weighted by Gasteiger charge is 2.22. The predicted octanol–water partition coefficient (Wildman–Crippen LogP) is 3.09. The first-order chi connectivity index (χ1) is 12.3. The summed E-state index contributed by atoms with van der Waals surface area (Å²) in [6, 6.07) is 0. The van der Waals surface area contributed by atoms with E-state index in [-0.39, 0.29) is 0 Å². The molecular formula is C18H22N6S. The second-order valence-electron chi connectivity index (χ2n) is 6.57. The monoisotopic (exact) mass is 354 g/mol. The smallest absolute Gasteiger partial charge is 0.157 e. The molecule has 0 unspecified atom stereocenters. The van der Waals surface area contributed by atoms with Crippen LogP contribution in [0.25, 0.3) is 11.5 Å². The Hall–Kier alpha value is -2.12. The number of hydrogen-bond donors (Lipinski definition) is 1. The van der Waals surface area contributed by atoms with Crippen LogP contribution in [-0.4, -0.2) is 42.9 Å². The molecule has 0 aromatic carbocycles. The number of aryl methyl sites for hydroxylation is 1. The Morgan fingerprint density at radius 3 is 2.68 bits per heavy atom. The third kappa shape index (κ3) is 3.77. The van der Waals surface area contributed by atoms with Gasteiger partial charge in [-0.2, -0.15) is 0 Å². The van der Waals surface area contributed by atoms with Crippen molar-refractivity contribution in [3.8, 4) is 11.5 Å². The Bertz CT molecular complexity index is 805. The van der Waals surface area contributed by atoms with E-state index in [2.05, 4.69) is 36.7 Å². The minimum atomic E-state index is 0.657. The summed E-state index contributed by atoms with van der Waals surface area (Å²) in [6.07, 6.45) is 10.5. The van der Waals surface area contributed by atoms with Crippen LogP contribution in [0.5, 0.6) is 0 Å². The average molecular weight is 354 g/mol. The molecule has 0 spiro atoms. The maximum absolute atomic E-state index is 4.58. The number of aromatic nitrogens is 5. The minimum Gasteiger partial charge on any atom is -0.343 e. The fourth-order valence-corrected chi connectivity index (χ4v) is 4.23. The number of hydrogen-bond acceptors (Lipinski definition) is 6. The van der Waals surface area contributed by atoms with Crippen molar-refractivity contribution in [2.75, 3.05) is 13.1 Å². The summed E-state index contributed by atoms with van der Waals surface area (Å²) in [5, 5.41) is 0. The van der Waals surface area contributed by atoms with Crippen molar-refractivity contribution in [2.24, 2.45) is 5.92 Å². The first kappa shape index (κ1) is 16.4. The van der Waals surface area contributed by atoms with Gasteiger partial charge in [-0.25, -0.2) is 15.0 Å². The van der Waals surface area contributed by atoms with Gasteiger partial charge in [-0.3, -0.25) is 9.88 Å². The van der Waals surface area contributed by atoms with Crippen LogP contribution in [0.4, 0.5) is 0 Å². The second-order valence-corrected chi connectivity index (χ2v) is 7.51. The molecule has 1 aliphatic rings. The van der Waals surface area contributed by atoms with Crippen molar-refractivity contribution in [3.63, 3.8) is 0 Å². The Kier molecular flexibility index (Phi) is 4.85. The van der Waals surface area contributed by atoms with Gasteiger partial charge in [-0.1, -0.05) is 0 Å². The van der Waals surface area contributed by atoms with Crippen LogP contribution in [0.3, 0.4) is 0 Å². The largest absolute Gasteiger partial charge is 0.343 e. The summed E-state index contributed by atoms with van der Waals surface area (Å²) >= 11 is 1.77. The summed E-state index contributed by atoms with van der Waals surface area (Å²) in [4.78, 5) is 24.8. The van der Waals surface area contributed by atoms with Crippen LogP contribution < -0.4 is 0 Å². The number of thiazole rings is 1. The normalized spacial score (nSPS) is 16.4. The first-order valence-corrected chi connectivity index (χ1v) is 9.58. The number of piperidine rings is 1. The molecule has 1 aliphatic heterocycles. The van der Waals surface area contributed by atoms with E-state index in [9.17, 15) is 0 Å². The summed E-state index contributed by atoms with van der Waals surface area (Å²) in [6.45, 7) is 5.41. The molecule has 0 amide bonds. The molecule has 4 rings (SSSR count). The fourth-order valence-electron chi connectivity index (χ4n) is 3.41. The number of imidazole rings is 1. The van der Waals surface area contributed by atoms with Gasteiger partial charge >= 0.3 is 0 Å². The zero-order valence-electron chi connectivity index (χ0n) is 14.4. The summed E-state index contributed by atoms with van der Waals surface area (Å²) < 4.78 is 0. The predicted molar refractivity (Wildman–Crippen MR) is 98.2 cm³/mol. The molecule has 0 saturated carbocycles. The highest BCUT2D eigenvalue weighted by Crippen LogP contribution is 2.26. The average Bonchev–Trinajstić information content (AvgIpc) is 3.30. The molecule has 1 saturated heterocycles. The van der Waals surface area contributed by atoms with Crippen molar-refractivity contribution < 1.29 is 0 Å². The minimum absolute atomic E-state index is 0.657. The lowest BCUT2D eigenvalue weighted by atomic mass is 9.91. The maximum atomic E-state index is 4.58. The van der Waals surface area contributed by atoms with Crippen molar-refractivity contribution in [3.05, 3.63) is 46.6 Å². The first-order valence-electron chi connectivity index (χ1n) is 8.70. The standard InChI is InChI=1S/C18H22N6S/c1-13-16(25-12-23-13)11-24-8-2-14(3-9-24)10-15-17(20-5-4-19-15)18-21-6-7-22-18/h4-7,12,14H,2-3,8-11H2,1H3,(H,21,22). The molecule has 6 nitrogen and oxygen atoms in total.